The molecule has 2 aromatic rings. The van der Waals surface area contributed by atoms with Crippen LogP contribution in [0.15, 0.2) is 48.7 Å². The number of methoxy groups -OCH3 is 1. The van der Waals surface area contributed by atoms with Crippen LogP contribution >= 0.6 is 0 Å². The molecule has 3 aliphatic heterocycles. The molecule has 0 spiro atoms. The molecule has 2 saturated heterocycles. The van der Waals surface area contributed by atoms with Crippen molar-refractivity contribution in [3.05, 3.63) is 59.8 Å². The van der Waals surface area contributed by atoms with Crippen molar-refractivity contribution in [3.8, 4) is 11.6 Å². The standard InChI is InChI=1S/C33H41F3N4O5/c1-43-22-23-44-28-13-7-6-12-27(28)38-17-19-39(20-18-38)31(41)24-10-9-16-40-26(24)11-5-3-2-4-8-21-45-30-29(32(40)42)25(14-15-37-30)33(34,35)36/h3,5-7,12-15,24,26H,2,4,8-11,16-23H2,1H3/t24?,26-/m1/s1. The van der Waals surface area contributed by atoms with E-state index < -0.39 is 35.2 Å². The van der Waals surface area contributed by atoms with Crippen molar-refractivity contribution in [1.82, 2.24) is 14.8 Å². The molecule has 45 heavy (non-hydrogen) atoms. The van der Waals surface area contributed by atoms with Gasteiger partial charge in [0.05, 0.1) is 30.4 Å². The third kappa shape index (κ3) is 7.71. The highest BCUT2D eigenvalue weighted by Gasteiger charge is 2.44. The molecule has 4 heterocycles. The number of para-hydroxylation sites is 2. The minimum absolute atomic E-state index is 0.0711. The van der Waals surface area contributed by atoms with E-state index in [0.29, 0.717) is 65.1 Å². The molecule has 1 unspecified atom stereocenters. The normalized spacial score (nSPS) is 21.5. The first-order chi connectivity index (χ1) is 21.8. The number of hydrogen-bond acceptors (Lipinski definition) is 7. The zero-order chi connectivity index (χ0) is 31.8. The van der Waals surface area contributed by atoms with E-state index in [-0.39, 0.29) is 24.9 Å². The second-order valence-electron chi connectivity index (χ2n) is 11.5. The highest BCUT2D eigenvalue weighted by molar-refractivity contribution is 5.99. The van der Waals surface area contributed by atoms with E-state index >= 15 is 0 Å². The average molecular weight is 631 g/mol. The third-order valence-electron chi connectivity index (χ3n) is 8.68. The summed E-state index contributed by atoms with van der Waals surface area (Å²) in [5, 5.41) is 0. The number of benzene rings is 1. The molecule has 1 aromatic carbocycles. The van der Waals surface area contributed by atoms with Crippen LogP contribution in [0.4, 0.5) is 18.9 Å². The highest BCUT2D eigenvalue weighted by Crippen LogP contribution is 2.38. The lowest BCUT2D eigenvalue weighted by molar-refractivity contribution is -0.140. The summed E-state index contributed by atoms with van der Waals surface area (Å²) in [5.74, 6) is -0.960. The Balaban J connectivity index is 1.36. The van der Waals surface area contributed by atoms with Gasteiger partial charge in [-0.1, -0.05) is 24.3 Å². The zero-order valence-corrected chi connectivity index (χ0v) is 25.6. The van der Waals surface area contributed by atoms with Gasteiger partial charge in [-0.3, -0.25) is 9.59 Å². The summed E-state index contributed by atoms with van der Waals surface area (Å²) in [5.41, 5.74) is -0.700. The van der Waals surface area contributed by atoms with E-state index in [1.807, 2.05) is 41.3 Å². The molecule has 0 radical (unpaired) electrons. The Hall–Kier alpha value is -3.80. The molecule has 1 aromatic heterocycles. The Morgan fingerprint density at radius 1 is 1.02 bits per heavy atom. The molecule has 0 saturated carbocycles. The number of carbonyl (C=O) groups is 2. The lowest BCUT2D eigenvalue weighted by Crippen LogP contribution is -2.56. The van der Waals surface area contributed by atoms with Crippen LogP contribution in [-0.4, -0.2) is 92.3 Å². The van der Waals surface area contributed by atoms with Crippen LogP contribution in [0.1, 0.15) is 54.4 Å². The molecule has 0 bridgehead atoms. The third-order valence-corrected chi connectivity index (χ3v) is 8.68. The van der Waals surface area contributed by atoms with Crippen molar-refractivity contribution < 1.29 is 37.0 Å². The van der Waals surface area contributed by atoms with Gasteiger partial charge < -0.3 is 28.9 Å². The van der Waals surface area contributed by atoms with Crippen molar-refractivity contribution in [3.63, 3.8) is 0 Å². The van der Waals surface area contributed by atoms with Gasteiger partial charge in [0.2, 0.25) is 11.8 Å². The maximum Gasteiger partial charge on any atom is 0.417 e. The van der Waals surface area contributed by atoms with Gasteiger partial charge in [0.1, 0.15) is 17.9 Å². The fourth-order valence-corrected chi connectivity index (χ4v) is 6.39. The Bertz CT molecular complexity index is 1350. The predicted octanol–water partition coefficient (Wildman–Crippen LogP) is 5.20. The van der Waals surface area contributed by atoms with Crippen LogP contribution in [0.25, 0.3) is 0 Å². The van der Waals surface area contributed by atoms with E-state index in [9.17, 15) is 22.8 Å². The van der Waals surface area contributed by atoms with Crippen molar-refractivity contribution in [1.29, 1.82) is 0 Å². The number of hydrogen-bond donors (Lipinski definition) is 0. The van der Waals surface area contributed by atoms with Gasteiger partial charge >= 0.3 is 6.18 Å². The van der Waals surface area contributed by atoms with E-state index in [2.05, 4.69) is 9.88 Å². The Labute approximate surface area is 261 Å². The van der Waals surface area contributed by atoms with Gasteiger partial charge in [0.25, 0.3) is 5.91 Å². The summed E-state index contributed by atoms with van der Waals surface area (Å²) in [6.45, 7) is 3.47. The van der Waals surface area contributed by atoms with Crippen LogP contribution in [0.3, 0.4) is 0 Å². The molecule has 0 N–H and O–H groups in total. The smallest absolute Gasteiger partial charge is 0.417 e. The number of rotatable bonds is 6. The largest absolute Gasteiger partial charge is 0.489 e. The molecule has 3 aliphatic rings. The van der Waals surface area contributed by atoms with E-state index in [0.717, 1.165) is 36.5 Å². The number of allylic oxidation sites excluding steroid dienone is 1. The van der Waals surface area contributed by atoms with E-state index in [1.165, 1.54) is 4.90 Å². The molecule has 2 fully saturated rings. The summed E-state index contributed by atoms with van der Waals surface area (Å²) in [6.07, 6.45) is 3.84. The molecule has 0 aliphatic carbocycles. The number of carbonyl (C=O) groups excluding carboxylic acids is 2. The average Bonchev–Trinajstić information content (AvgIpc) is 3.06. The fourth-order valence-electron chi connectivity index (χ4n) is 6.39. The van der Waals surface area contributed by atoms with Crippen LogP contribution in [0.5, 0.6) is 11.6 Å². The summed E-state index contributed by atoms with van der Waals surface area (Å²) in [7, 11) is 1.62. The van der Waals surface area contributed by atoms with Gasteiger partial charge in [0.15, 0.2) is 0 Å². The number of ether oxygens (including phenoxy) is 3. The highest BCUT2D eigenvalue weighted by atomic mass is 19.4. The maximum absolute atomic E-state index is 14.2. The predicted molar refractivity (Wildman–Crippen MR) is 162 cm³/mol. The zero-order valence-electron chi connectivity index (χ0n) is 25.6. The van der Waals surface area contributed by atoms with Crippen molar-refractivity contribution >= 4 is 17.5 Å². The van der Waals surface area contributed by atoms with E-state index in [1.54, 1.807) is 7.11 Å². The second-order valence-corrected chi connectivity index (χ2v) is 11.5. The first-order valence-corrected chi connectivity index (χ1v) is 15.7. The number of nitrogens with zero attached hydrogens (tertiary/aromatic N) is 4. The molecule has 5 rings (SSSR count). The van der Waals surface area contributed by atoms with Crippen LogP contribution in [0, 0.1) is 5.92 Å². The van der Waals surface area contributed by atoms with Crippen molar-refractivity contribution in [2.24, 2.45) is 5.92 Å². The number of aromatic nitrogens is 1. The summed E-state index contributed by atoms with van der Waals surface area (Å²) < 4.78 is 59.2. The number of fused-ring (bicyclic) bond motifs is 2. The van der Waals surface area contributed by atoms with Gasteiger partial charge in [0, 0.05) is 52.1 Å². The minimum atomic E-state index is -4.77. The number of alkyl halides is 3. The van der Waals surface area contributed by atoms with Crippen LogP contribution < -0.4 is 14.4 Å². The summed E-state index contributed by atoms with van der Waals surface area (Å²) in [4.78, 5) is 37.6. The number of piperidine rings is 1. The minimum Gasteiger partial charge on any atom is -0.489 e. The number of halogens is 3. The molecule has 12 heteroatoms. The molecule has 244 valence electrons. The number of amides is 2. The number of pyridine rings is 1. The first kappa shape index (κ1) is 32.6. The van der Waals surface area contributed by atoms with E-state index in [4.69, 9.17) is 14.2 Å². The second kappa shape index (κ2) is 15.0. The Morgan fingerprint density at radius 3 is 2.60 bits per heavy atom. The van der Waals surface area contributed by atoms with Crippen LogP contribution in [0.2, 0.25) is 0 Å². The fraction of sp³-hybridized carbons (Fsp3) is 0.545. The van der Waals surface area contributed by atoms with Crippen molar-refractivity contribution in [2.75, 3.05) is 64.6 Å². The monoisotopic (exact) mass is 630 g/mol. The SMILES string of the molecule is COCCOc1ccccc1N1CCN(C(=O)C2CCCN3C(=O)c4c(C(F)(F)F)ccnc4OCCCCC=CC[C@H]23)CC1. The lowest BCUT2D eigenvalue weighted by atomic mass is 9.84. The van der Waals surface area contributed by atoms with Gasteiger partial charge in [-0.25, -0.2) is 4.98 Å². The molecular formula is C33H41F3N4O5. The molecule has 9 nitrogen and oxygen atoms in total. The molecular weight excluding hydrogens is 589 g/mol. The Morgan fingerprint density at radius 2 is 1.82 bits per heavy atom. The number of anilines is 1. The van der Waals surface area contributed by atoms with Gasteiger partial charge in [-0.15, -0.1) is 0 Å². The summed E-state index contributed by atoms with van der Waals surface area (Å²) >= 11 is 0. The van der Waals surface area contributed by atoms with Gasteiger partial charge in [-0.2, -0.15) is 13.2 Å². The lowest BCUT2D eigenvalue weighted by Gasteiger charge is -2.44. The molecule has 2 atom stereocenters. The Kier molecular flexibility index (Phi) is 10.9. The van der Waals surface area contributed by atoms with Gasteiger partial charge in [-0.05, 0) is 56.7 Å². The van der Waals surface area contributed by atoms with Crippen molar-refractivity contribution in [2.45, 2.75) is 50.7 Å². The topological polar surface area (TPSA) is 84.4 Å². The maximum atomic E-state index is 14.2. The molecule has 2 amide bonds. The first-order valence-electron chi connectivity index (χ1n) is 15.7. The van der Waals surface area contributed by atoms with Crippen LogP contribution in [-0.2, 0) is 15.7 Å². The number of piperazine rings is 1. The quantitative estimate of drug-likeness (QED) is 0.320. The summed E-state index contributed by atoms with van der Waals surface area (Å²) in [6, 6.07) is 8.01.